The van der Waals surface area contributed by atoms with Crippen molar-refractivity contribution in [3.63, 3.8) is 0 Å². The Morgan fingerprint density at radius 3 is 2.94 bits per heavy atom. The van der Waals surface area contributed by atoms with Crippen LogP contribution in [0.25, 0.3) is 0 Å². The number of ether oxygens (including phenoxy) is 1. The SMILES string of the molecule is Cc1cc(CC(=O)C2CCC(CN)O2)n(C)n1. The highest BCUT2D eigenvalue weighted by atomic mass is 16.5. The fourth-order valence-electron chi connectivity index (χ4n) is 2.24. The van der Waals surface area contributed by atoms with Gasteiger partial charge in [-0.05, 0) is 25.8 Å². The molecule has 1 aliphatic rings. The minimum Gasteiger partial charge on any atom is -0.366 e. The summed E-state index contributed by atoms with van der Waals surface area (Å²) < 4.78 is 7.34. The van der Waals surface area contributed by atoms with Crippen LogP contribution < -0.4 is 5.73 Å². The first-order valence-electron chi connectivity index (χ1n) is 5.98. The summed E-state index contributed by atoms with van der Waals surface area (Å²) in [5.41, 5.74) is 7.40. The number of Topliss-reactive ketones (excluding diaryl/α,β-unsaturated/α-hetero) is 1. The number of nitrogens with zero attached hydrogens (tertiary/aromatic N) is 2. The van der Waals surface area contributed by atoms with Gasteiger partial charge in [-0.25, -0.2) is 0 Å². The summed E-state index contributed by atoms with van der Waals surface area (Å²) in [6.07, 6.45) is 1.84. The summed E-state index contributed by atoms with van der Waals surface area (Å²) in [5.74, 6) is 0.129. The fraction of sp³-hybridized carbons (Fsp3) is 0.667. The predicted molar refractivity (Wildman–Crippen MR) is 63.6 cm³/mol. The molecule has 17 heavy (non-hydrogen) atoms. The van der Waals surface area contributed by atoms with Crippen LogP contribution in [0.2, 0.25) is 0 Å². The van der Waals surface area contributed by atoms with Crippen molar-refractivity contribution in [3.8, 4) is 0 Å². The van der Waals surface area contributed by atoms with Crippen LogP contribution in [-0.4, -0.2) is 34.3 Å². The largest absolute Gasteiger partial charge is 0.366 e. The summed E-state index contributed by atoms with van der Waals surface area (Å²) in [4.78, 5) is 12.0. The van der Waals surface area contributed by atoms with Crippen molar-refractivity contribution in [2.45, 2.75) is 38.4 Å². The molecule has 0 bridgehead atoms. The highest BCUT2D eigenvalue weighted by Crippen LogP contribution is 2.20. The van der Waals surface area contributed by atoms with E-state index in [1.165, 1.54) is 0 Å². The molecule has 2 atom stereocenters. The molecule has 94 valence electrons. The molecule has 5 nitrogen and oxygen atoms in total. The second kappa shape index (κ2) is 4.98. The Labute approximate surface area is 101 Å². The topological polar surface area (TPSA) is 70.1 Å². The lowest BCUT2D eigenvalue weighted by Gasteiger charge is -2.11. The van der Waals surface area contributed by atoms with Crippen molar-refractivity contribution in [1.82, 2.24) is 9.78 Å². The molecule has 0 aromatic carbocycles. The third-order valence-corrected chi connectivity index (χ3v) is 3.18. The van der Waals surface area contributed by atoms with Crippen LogP contribution in [0.1, 0.15) is 24.2 Å². The van der Waals surface area contributed by atoms with Crippen LogP contribution in [0.5, 0.6) is 0 Å². The van der Waals surface area contributed by atoms with Crippen LogP contribution in [0.15, 0.2) is 6.07 Å². The van der Waals surface area contributed by atoms with Gasteiger partial charge in [-0.3, -0.25) is 9.48 Å². The van der Waals surface area contributed by atoms with Gasteiger partial charge in [0.15, 0.2) is 5.78 Å². The third-order valence-electron chi connectivity index (χ3n) is 3.18. The lowest BCUT2D eigenvalue weighted by atomic mass is 10.1. The molecule has 0 radical (unpaired) electrons. The molecule has 5 heteroatoms. The second-order valence-corrected chi connectivity index (χ2v) is 4.60. The molecule has 1 saturated heterocycles. The van der Waals surface area contributed by atoms with E-state index in [9.17, 15) is 4.79 Å². The molecular formula is C12H19N3O2. The lowest BCUT2D eigenvalue weighted by molar-refractivity contribution is -0.129. The Bertz CT molecular complexity index is 414. The summed E-state index contributed by atoms with van der Waals surface area (Å²) in [7, 11) is 1.85. The van der Waals surface area contributed by atoms with Gasteiger partial charge in [0.1, 0.15) is 6.10 Å². The zero-order chi connectivity index (χ0) is 12.4. The Morgan fingerprint density at radius 1 is 1.65 bits per heavy atom. The van der Waals surface area contributed by atoms with Crippen molar-refractivity contribution in [3.05, 3.63) is 17.5 Å². The van der Waals surface area contributed by atoms with Crippen molar-refractivity contribution in [1.29, 1.82) is 0 Å². The Kier molecular flexibility index (Phi) is 3.59. The molecule has 0 spiro atoms. The highest BCUT2D eigenvalue weighted by molar-refractivity contribution is 5.85. The first kappa shape index (κ1) is 12.3. The number of carbonyl (C=O) groups is 1. The number of aryl methyl sites for hydroxylation is 2. The molecule has 1 aliphatic heterocycles. The van der Waals surface area contributed by atoms with E-state index in [2.05, 4.69) is 5.10 Å². The zero-order valence-corrected chi connectivity index (χ0v) is 10.3. The molecule has 0 saturated carbocycles. The van der Waals surface area contributed by atoms with E-state index in [0.717, 1.165) is 24.2 Å². The van der Waals surface area contributed by atoms with Crippen LogP contribution in [0.3, 0.4) is 0 Å². The van der Waals surface area contributed by atoms with E-state index < -0.39 is 0 Å². The average Bonchev–Trinajstić information content (AvgIpc) is 2.86. The monoisotopic (exact) mass is 237 g/mol. The van der Waals surface area contributed by atoms with Crippen molar-refractivity contribution in [2.24, 2.45) is 12.8 Å². The normalized spacial score (nSPS) is 24.2. The Hall–Kier alpha value is -1.20. The Balaban J connectivity index is 1.96. The van der Waals surface area contributed by atoms with Crippen LogP contribution in [-0.2, 0) is 23.0 Å². The minimum absolute atomic E-state index is 0.0530. The van der Waals surface area contributed by atoms with E-state index in [-0.39, 0.29) is 18.0 Å². The fourth-order valence-corrected chi connectivity index (χ4v) is 2.24. The van der Waals surface area contributed by atoms with E-state index in [1.807, 2.05) is 20.0 Å². The maximum absolute atomic E-state index is 12.0. The summed E-state index contributed by atoms with van der Waals surface area (Å²) >= 11 is 0. The molecule has 1 aromatic heterocycles. The van der Waals surface area contributed by atoms with E-state index >= 15 is 0 Å². The van der Waals surface area contributed by atoms with E-state index in [0.29, 0.717) is 13.0 Å². The van der Waals surface area contributed by atoms with Gasteiger partial charge in [-0.2, -0.15) is 5.10 Å². The molecule has 1 fully saturated rings. The van der Waals surface area contributed by atoms with Crippen molar-refractivity contribution >= 4 is 5.78 Å². The number of ketones is 1. The first-order valence-corrected chi connectivity index (χ1v) is 5.98. The maximum atomic E-state index is 12.0. The predicted octanol–water partition coefficient (Wildman–Crippen LogP) is 0.346. The van der Waals surface area contributed by atoms with Crippen LogP contribution in [0, 0.1) is 6.92 Å². The number of aromatic nitrogens is 2. The quantitative estimate of drug-likeness (QED) is 0.820. The standard InChI is InChI=1S/C12H19N3O2/c1-8-5-9(15(2)14-8)6-11(16)12-4-3-10(7-13)17-12/h5,10,12H,3-4,6-7,13H2,1-2H3. The van der Waals surface area contributed by atoms with Gasteiger partial charge < -0.3 is 10.5 Å². The second-order valence-electron chi connectivity index (χ2n) is 4.60. The molecule has 0 aliphatic carbocycles. The highest BCUT2D eigenvalue weighted by Gasteiger charge is 2.29. The number of carbonyl (C=O) groups excluding carboxylic acids is 1. The molecule has 2 N–H and O–H groups in total. The van der Waals surface area contributed by atoms with Crippen molar-refractivity contribution in [2.75, 3.05) is 6.54 Å². The first-order chi connectivity index (χ1) is 8.10. The average molecular weight is 237 g/mol. The van der Waals surface area contributed by atoms with Gasteiger partial charge in [0.05, 0.1) is 18.2 Å². The van der Waals surface area contributed by atoms with Crippen molar-refractivity contribution < 1.29 is 9.53 Å². The molecule has 2 unspecified atom stereocenters. The van der Waals surface area contributed by atoms with Gasteiger partial charge in [0.25, 0.3) is 0 Å². The van der Waals surface area contributed by atoms with Crippen LogP contribution >= 0.6 is 0 Å². The zero-order valence-electron chi connectivity index (χ0n) is 10.3. The third kappa shape index (κ3) is 2.73. The number of rotatable bonds is 4. The molecule has 0 amide bonds. The molecular weight excluding hydrogens is 218 g/mol. The summed E-state index contributed by atoms with van der Waals surface area (Å²) in [6, 6.07) is 1.94. The molecule has 2 rings (SSSR count). The summed E-state index contributed by atoms with van der Waals surface area (Å²) in [6.45, 7) is 2.42. The van der Waals surface area contributed by atoms with Gasteiger partial charge in [0, 0.05) is 19.3 Å². The maximum Gasteiger partial charge on any atom is 0.167 e. The van der Waals surface area contributed by atoms with E-state index in [4.69, 9.17) is 10.5 Å². The number of hydrogen-bond acceptors (Lipinski definition) is 4. The smallest absolute Gasteiger partial charge is 0.167 e. The summed E-state index contributed by atoms with van der Waals surface area (Å²) in [5, 5.41) is 4.23. The van der Waals surface area contributed by atoms with Gasteiger partial charge in [0.2, 0.25) is 0 Å². The van der Waals surface area contributed by atoms with Gasteiger partial charge >= 0.3 is 0 Å². The van der Waals surface area contributed by atoms with Gasteiger partial charge in [-0.1, -0.05) is 0 Å². The molecule has 2 heterocycles. The Morgan fingerprint density at radius 2 is 2.41 bits per heavy atom. The lowest BCUT2D eigenvalue weighted by Crippen LogP contribution is -2.26. The van der Waals surface area contributed by atoms with Gasteiger partial charge in [-0.15, -0.1) is 0 Å². The minimum atomic E-state index is -0.279. The number of nitrogens with two attached hydrogens (primary N) is 1. The van der Waals surface area contributed by atoms with E-state index in [1.54, 1.807) is 4.68 Å². The molecule has 1 aromatic rings. The number of hydrogen-bond donors (Lipinski definition) is 1. The van der Waals surface area contributed by atoms with Crippen LogP contribution in [0.4, 0.5) is 0 Å².